The summed E-state index contributed by atoms with van der Waals surface area (Å²) in [6.07, 6.45) is 0. The van der Waals surface area contributed by atoms with E-state index in [0.29, 0.717) is 13.2 Å². The molecule has 1 amide bonds. The second-order valence-electron chi connectivity index (χ2n) is 6.06. The van der Waals surface area contributed by atoms with E-state index in [2.05, 4.69) is 17.0 Å². The van der Waals surface area contributed by atoms with E-state index in [-0.39, 0.29) is 5.91 Å². The quantitative estimate of drug-likeness (QED) is 0.858. The summed E-state index contributed by atoms with van der Waals surface area (Å²) in [5.41, 5.74) is 2.03. The van der Waals surface area contributed by atoms with Crippen molar-refractivity contribution in [2.24, 2.45) is 0 Å². The number of rotatable bonds is 3. The van der Waals surface area contributed by atoms with Gasteiger partial charge in [-0.05, 0) is 29.1 Å². The normalized spacial score (nSPS) is 17.8. The molecule has 1 aromatic carbocycles. The fourth-order valence-electron chi connectivity index (χ4n) is 3.12. The molecule has 1 fully saturated rings. The van der Waals surface area contributed by atoms with Gasteiger partial charge in [0.05, 0.1) is 5.56 Å². The molecule has 4 rings (SSSR count). The maximum Gasteiger partial charge on any atom is 0.254 e. The molecule has 24 heavy (non-hydrogen) atoms. The minimum atomic E-state index is 0.148. The Kier molecular flexibility index (Phi) is 4.40. The van der Waals surface area contributed by atoms with Gasteiger partial charge in [0, 0.05) is 38.1 Å². The molecule has 6 heteroatoms. The van der Waals surface area contributed by atoms with E-state index in [1.807, 2.05) is 27.8 Å². The predicted octanol–water partition coefficient (Wildman–Crippen LogP) is 2.48. The number of carbonyl (C=O) groups is 1. The molecule has 126 valence electrons. The third-order valence-electron chi connectivity index (χ3n) is 4.44. The molecule has 0 saturated carbocycles. The fourth-order valence-corrected chi connectivity index (χ4v) is 3.75. The van der Waals surface area contributed by atoms with Crippen LogP contribution in [0.15, 0.2) is 35.0 Å². The molecule has 0 bridgehead atoms. The maximum absolute atomic E-state index is 12.4. The molecule has 5 nitrogen and oxygen atoms in total. The zero-order chi connectivity index (χ0) is 16.4. The molecule has 0 N–H and O–H groups in total. The van der Waals surface area contributed by atoms with Crippen molar-refractivity contribution in [3.05, 3.63) is 46.2 Å². The standard InChI is InChI=1S/C18H20N2O3S/c21-18(15-3-10-24-13-15)20-6-4-19(5-7-20)12-14-1-2-16-17(11-14)23-9-8-22-16/h1-3,10-11,13H,4-9,12H2. The number of amides is 1. The van der Waals surface area contributed by atoms with E-state index >= 15 is 0 Å². The predicted molar refractivity (Wildman–Crippen MR) is 92.9 cm³/mol. The highest BCUT2D eigenvalue weighted by Gasteiger charge is 2.22. The largest absolute Gasteiger partial charge is 0.486 e. The molecular weight excluding hydrogens is 324 g/mol. The third kappa shape index (κ3) is 3.25. The SMILES string of the molecule is O=C(c1ccsc1)N1CCN(Cc2ccc3c(c2)OCCO3)CC1. The van der Waals surface area contributed by atoms with Crippen molar-refractivity contribution in [2.45, 2.75) is 6.54 Å². The van der Waals surface area contributed by atoms with Crippen molar-refractivity contribution in [3.8, 4) is 11.5 Å². The van der Waals surface area contributed by atoms with Crippen LogP contribution >= 0.6 is 11.3 Å². The lowest BCUT2D eigenvalue weighted by atomic mass is 10.1. The Labute approximate surface area is 145 Å². The monoisotopic (exact) mass is 344 g/mol. The Balaban J connectivity index is 1.34. The molecule has 3 heterocycles. The van der Waals surface area contributed by atoms with Gasteiger partial charge in [0.2, 0.25) is 0 Å². The Morgan fingerprint density at radius 3 is 2.58 bits per heavy atom. The smallest absolute Gasteiger partial charge is 0.254 e. The molecule has 2 aliphatic heterocycles. The minimum absolute atomic E-state index is 0.148. The number of thiophene rings is 1. The molecule has 1 aromatic heterocycles. The second-order valence-corrected chi connectivity index (χ2v) is 6.84. The summed E-state index contributed by atoms with van der Waals surface area (Å²) in [6.45, 7) is 5.44. The summed E-state index contributed by atoms with van der Waals surface area (Å²) >= 11 is 1.57. The van der Waals surface area contributed by atoms with E-state index in [1.165, 1.54) is 5.56 Å². The Bertz CT molecular complexity index is 709. The lowest BCUT2D eigenvalue weighted by Crippen LogP contribution is -2.48. The number of hydrogen-bond donors (Lipinski definition) is 0. The van der Waals surface area contributed by atoms with E-state index in [0.717, 1.165) is 49.8 Å². The summed E-state index contributed by atoms with van der Waals surface area (Å²) in [4.78, 5) is 16.7. The van der Waals surface area contributed by atoms with E-state index in [9.17, 15) is 4.79 Å². The zero-order valence-electron chi connectivity index (χ0n) is 13.4. The average molecular weight is 344 g/mol. The van der Waals surface area contributed by atoms with Gasteiger partial charge >= 0.3 is 0 Å². The molecule has 0 radical (unpaired) electrons. The van der Waals surface area contributed by atoms with Gasteiger partial charge in [0.25, 0.3) is 5.91 Å². The lowest BCUT2D eigenvalue weighted by molar-refractivity contribution is 0.0629. The number of fused-ring (bicyclic) bond motifs is 1. The number of piperazine rings is 1. The van der Waals surface area contributed by atoms with Crippen LogP contribution in [0.2, 0.25) is 0 Å². The summed E-state index contributed by atoms with van der Waals surface area (Å²) < 4.78 is 11.2. The van der Waals surface area contributed by atoms with Crippen LogP contribution in [0.25, 0.3) is 0 Å². The summed E-state index contributed by atoms with van der Waals surface area (Å²) in [5.74, 6) is 1.82. The first-order valence-corrected chi connectivity index (χ1v) is 9.16. The van der Waals surface area contributed by atoms with Crippen LogP contribution in [0.1, 0.15) is 15.9 Å². The van der Waals surface area contributed by atoms with Crippen molar-refractivity contribution >= 4 is 17.2 Å². The maximum atomic E-state index is 12.4. The highest BCUT2D eigenvalue weighted by molar-refractivity contribution is 7.08. The number of hydrogen-bond acceptors (Lipinski definition) is 5. The van der Waals surface area contributed by atoms with E-state index in [4.69, 9.17) is 9.47 Å². The number of nitrogens with zero attached hydrogens (tertiary/aromatic N) is 2. The van der Waals surface area contributed by atoms with E-state index < -0.39 is 0 Å². The Morgan fingerprint density at radius 2 is 1.83 bits per heavy atom. The number of benzene rings is 1. The molecule has 2 aromatic rings. The van der Waals surface area contributed by atoms with E-state index in [1.54, 1.807) is 11.3 Å². The molecule has 0 unspecified atom stereocenters. The van der Waals surface area contributed by atoms with Crippen LogP contribution < -0.4 is 9.47 Å². The fraction of sp³-hybridized carbons (Fsp3) is 0.389. The van der Waals surface area contributed by atoms with Gasteiger partial charge in [0.15, 0.2) is 11.5 Å². The van der Waals surface area contributed by atoms with Gasteiger partial charge in [-0.2, -0.15) is 11.3 Å². The van der Waals surface area contributed by atoms with Crippen LogP contribution in [-0.4, -0.2) is 55.1 Å². The highest BCUT2D eigenvalue weighted by atomic mass is 32.1. The molecule has 1 saturated heterocycles. The van der Waals surface area contributed by atoms with Gasteiger partial charge in [-0.25, -0.2) is 0 Å². The summed E-state index contributed by atoms with van der Waals surface area (Å²) in [5, 5.41) is 3.87. The molecule has 2 aliphatic rings. The first kappa shape index (κ1) is 15.5. The zero-order valence-corrected chi connectivity index (χ0v) is 14.3. The lowest BCUT2D eigenvalue weighted by Gasteiger charge is -2.34. The van der Waals surface area contributed by atoms with Gasteiger partial charge in [-0.3, -0.25) is 9.69 Å². The topological polar surface area (TPSA) is 42.0 Å². The van der Waals surface area contributed by atoms with Gasteiger partial charge in [-0.1, -0.05) is 6.07 Å². The third-order valence-corrected chi connectivity index (χ3v) is 5.12. The van der Waals surface area contributed by atoms with Gasteiger partial charge < -0.3 is 14.4 Å². The second kappa shape index (κ2) is 6.83. The molecule has 0 aliphatic carbocycles. The first-order chi connectivity index (χ1) is 11.8. The van der Waals surface area contributed by atoms with Crippen molar-refractivity contribution in [1.82, 2.24) is 9.80 Å². The summed E-state index contributed by atoms with van der Waals surface area (Å²) in [7, 11) is 0. The molecule has 0 spiro atoms. The van der Waals surface area contributed by atoms with Crippen LogP contribution in [0.5, 0.6) is 11.5 Å². The van der Waals surface area contributed by atoms with Crippen molar-refractivity contribution in [3.63, 3.8) is 0 Å². The van der Waals surface area contributed by atoms with Crippen LogP contribution in [0, 0.1) is 0 Å². The minimum Gasteiger partial charge on any atom is -0.486 e. The number of ether oxygens (including phenoxy) is 2. The number of carbonyl (C=O) groups excluding carboxylic acids is 1. The molecular formula is C18H20N2O3S. The van der Waals surface area contributed by atoms with Crippen molar-refractivity contribution in [2.75, 3.05) is 39.4 Å². The first-order valence-electron chi connectivity index (χ1n) is 8.22. The highest BCUT2D eigenvalue weighted by Crippen LogP contribution is 2.31. The Hall–Kier alpha value is -2.05. The van der Waals surface area contributed by atoms with Crippen molar-refractivity contribution in [1.29, 1.82) is 0 Å². The van der Waals surface area contributed by atoms with Crippen LogP contribution in [0.3, 0.4) is 0 Å². The van der Waals surface area contributed by atoms with Crippen LogP contribution in [0.4, 0.5) is 0 Å². The van der Waals surface area contributed by atoms with Crippen LogP contribution in [-0.2, 0) is 6.54 Å². The molecule has 0 atom stereocenters. The summed E-state index contributed by atoms with van der Waals surface area (Å²) in [6, 6.07) is 8.04. The van der Waals surface area contributed by atoms with Gasteiger partial charge in [0.1, 0.15) is 13.2 Å². The average Bonchev–Trinajstić information content (AvgIpc) is 3.16. The Morgan fingerprint density at radius 1 is 1.04 bits per heavy atom. The van der Waals surface area contributed by atoms with Crippen molar-refractivity contribution < 1.29 is 14.3 Å². The van der Waals surface area contributed by atoms with Gasteiger partial charge in [-0.15, -0.1) is 0 Å².